The van der Waals surface area contributed by atoms with Crippen molar-refractivity contribution in [1.82, 2.24) is 14.5 Å². The van der Waals surface area contributed by atoms with E-state index in [2.05, 4.69) is 19.2 Å². The molecule has 2 aliphatic rings. The summed E-state index contributed by atoms with van der Waals surface area (Å²) in [6.07, 6.45) is 2.64. The van der Waals surface area contributed by atoms with E-state index in [1.807, 2.05) is 17.0 Å². The lowest BCUT2D eigenvalue weighted by molar-refractivity contribution is -0.132. The Balaban J connectivity index is 1.53. The third-order valence-corrected chi connectivity index (χ3v) is 7.62. The third kappa shape index (κ3) is 4.89. The Hall–Kier alpha value is -1.44. The summed E-state index contributed by atoms with van der Waals surface area (Å²) in [5, 5.41) is 3.32. The SMILES string of the molecule is CC(C)c1ccc(S(=O)(=O)N2CCN(C(=O)CCC3CCNC3)CC2)cc1. The average Bonchev–Trinajstić information content (AvgIpc) is 3.20. The van der Waals surface area contributed by atoms with Crippen molar-refractivity contribution in [3.05, 3.63) is 29.8 Å². The minimum atomic E-state index is -3.49. The summed E-state index contributed by atoms with van der Waals surface area (Å²) < 4.78 is 27.2. The van der Waals surface area contributed by atoms with Gasteiger partial charge in [-0.25, -0.2) is 8.42 Å². The van der Waals surface area contributed by atoms with E-state index in [0.29, 0.717) is 49.3 Å². The van der Waals surface area contributed by atoms with Crippen LogP contribution in [0.2, 0.25) is 0 Å². The number of sulfonamides is 1. The van der Waals surface area contributed by atoms with Crippen LogP contribution in [0.25, 0.3) is 0 Å². The van der Waals surface area contributed by atoms with E-state index < -0.39 is 10.0 Å². The van der Waals surface area contributed by atoms with E-state index >= 15 is 0 Å². The van der Waals surface area contributed by atoms with Gasteiger partial charge in [-0.05, 0) is 55.5 Å². The highest BCUT2D eigenvalue weighted by Crippen LogP contribution is 2.22. The summed E-state index contributed by atoms with van der Waals surface area (Å²) in [4.78, 5) is 14.6. The molecular weight excluding hydrogens is 362 g/mol. The van der Waals surface area contributed by atoms with Crippen LogP contribution >= 0.6 is 0 Å². The Morgan fingerprint density at radius 2 is 1.81 bits per heavy atom. The zero-order chi connectivity index (χ0) is 19.4. The first kappa shape index (κ1) is 20.3. The number of piperazine rings is 1. The van der Waals surface area contributed by atoms with Crippen molar-refractivity contribution in [3.8, 4) is 0 Å². The molecule has 2 fully saturated rings. The first-order valence-corrected chi connectivity index (χ1v) is 11.4. The molecule has 3 rings (SSSR count). The maximum absolute atomic E-state index is 12.9. The van der Waals surface area contributed by atoms with Gasteiger partial charge in [0.25, 0.3) is 0 Å². The molecule has 6 nitrogen and oxygen atoms in total. The summed E-state index contributed by atoms with van der Waals surface area (Å²) in [5.41, 5.74) is 1.13. The predicted molar refractivity (Wildman–Crippen MR) is 106 cm³/mol. The van der Waals surface area contributed by atoms with Gasteiger partial charge in [-0.2, -0.15) is 4.31 Å². The number of nitrogens with one attached hydrogen (secondary N) is 1. The number of rotatable bonds is 6. The van der Waals surface area contributed by atoms with E-state index in [9.17, 15) is 13.2 Å². The number of carbonyl (C=O) groups is 1. The fourth-order valence-corrected chi connectivity index (χ4v) is 5.22. The number of hydrogen-bond acceptors (Lipinski definition) is 4. The van der Waals surface area contributed by atoms with Crippen LogP contribution in [0.3, 0.4) is 0 Å². The monoisotopic (exact) mass is 393 g/mol. The van der Waals surface area contributed by atoms with E-state index in [4.69, 9.17) is 0 Å². The van der Waals surface area contributed by atoms with Crippen LogP contribution in [-0.4, -0.2) is 62.8 Å². The first-order valence-electron chi connectivity index (χ1n) is 9.96. The van der Waals surface area contributed by atoms with Gasteiger partial charge in [0.05, 0.1) is 4.90 Å². The molecule has 1 atom stereocenters. The Kier molecular flexibility index (Phi) is 6.55. The minimum absolute atomic E-state index is 0.153. The molecule has 0 saturated carbocycles. The van der Waals surface area contributed by atoms with Crippen LogP contribution in [0, 0.1) is 5.92 Å². The topological polar surface area (TPSA) is 69.7 Å². The van der Waals surface area contributed by atoms with Crippen molar-refractivity contribution in [2.45, 2.75) is 43.9 Å². The fourth-order valence-electron chi connectivity index (χ4n) is 3.80. The van der Waals surface area contributed by atoms with Crippen molar-refractivity contribution >= 4 is 15.9 Å². The van der Waals surface area contributed by atoms with E-state index in [0.717, 1.165) is 31.5 Å². The quantitative estimate of drug-likeness (QED) is 0.803. The molecule has 2 saturated heterocycles. The Labute approximate surface area is 163 Å². The van der Waals surface area contributed by atoms with Crippen molar-refractivity contribution < 1.29 is 13.2 Å². The molecule has 0 bridgehead atoms. The molecule has 0 aromatic heterocycles. The highest BCUT2D eigenvalue weighted by molar-refractivity contribution is 7.89. The summed E-state index contributed by atoms with van der Waals surface area (Å²) in [6.45, 7) is 7.92. The largest absolute Gasteiger partial charge is 0.340 e. The van der Waals surface area contributed by atoms with Crippen molar-refractivity contribution in [1.29, 1.82) is 0 Å². The average molecular weight is 394 g/mol. The van der Waals surface area contributed by atoms with Gasteiger partial charge < -0.3 is 10.2 Å². The molecule has 1 amide bonds. The van der Waals surface area contributed by atoms with Crippen LogP contribution in [0.1, 0.15) is 44.6 Å². The van der Waals surface area contributed by atoms with Crippen LogP contribution in [0.4, 0.5) is 0 Å². The predicted octanol–water partition coefficient (Wildman–Crippen LogP) is 2.03. The summed E-state index contributed by atoms with van der Waals surface area (Å²) in [5.74, 6) is 1.13. The van der Waals surface area contributed by atoms with E-state index in [1.54, 1.807) is 12.1 Å². The lowest BCUT2D eigenvalue weighted by atomic mass is 10.0. The molecule has 1 unspecified atom stereocenters. The lowest BCUT2D eigenvalue weighted by Crippen LogP contribution is -2.50. The minimum Gasteiger partial charge on any atom is -0.340 e. The summed E-state index contributed by atoms with van der Waals surface area (Å²) in [6, 6.07) is 7.15. The normalized spacial score (nSPS) is 21.7. The number of amides is 1. The molecule has 0 spiro atoms. The lowest BCUT2D eigenvalue weighted by Gasteiger charge is -2.34. The number of benzene rings is 1. The maximum atomic E-state index is 12.9. The number of carbonyl (C=O) groups excluding carboxylic acids is 1. The Morgan fingerprint density at radius 1 is 1.15 bits per heavy atom. The number of nitrogens with zero attached hydrogens (tertiary/aromatic N) is 2. The number of hydrogen-bond donors (Lipinski definition) is 1. The van der Waals surface area contributed by atoms with Crippen molar-refractivity contribution in [2.24, 2.45) is 5.92 Å². The third-order valence-electron chi connectivity index (χ3n) is 5.70. The second kappa shape index (κ2) is 8.71. The highest BCUT2D eigenvalue weighted by atomic mass is 32.2. The summed E-state index contributed by atoms with van der Waals surface area (Å²) in [7, 11) is -3.49. The van der Waals surface area contributed by atoms with Crippen LogP contribution < -0.4 is 5.32 Å². The second-order valence-electron chi connectivity index (χ2n) is 7.91. The van der Waals surface area contributed by atoms with Gasteiger partial charge in [0.1, 0.15) is 0 Å². The zero-order valence-corrected chi connectivity index (χ0v) is 17.2. The molecule has 7 heteroatoms. The van der Waals surface area contributed by atoms with Gasteiger partial charge in [0.15, 0.2) is 0 Å². The van der Waals surface area contributed by atoms with Crippen LogP contribution in [-0.2, 0) is 14.8 Å². The van der Waals surface area contributed by atoms with Gasteiger partial charge in [0, 0.05) is 32.6 Å². The zero-order valence-electron chi connectivity index (χ0n) is 16.4. The molecule has 2 heterocycles. The Bertz CT molecular complexity index is 732. The molecule has 0 radical (unpaired) electrons. The molecule has 1 aromatic carbocycles. The van der Waals surface area contributed by atoms with Gasteiger partial charge in [-0.1, -0.05) is 26.0 Å². The van der Waals surface area contributed by atoms with Gasteiger partial charge in [-0.15, -0.1) is 0 Å². The maximum Gasteiger partial charge on any atom is 0.243 e. The molecule has 0 aliphatic carbocycles. The Morgan fingerprint density at radius 3 is 2.37 bits per heavy atom. The van der Waals surface area contributed by atoms with Gasteiger partial charge in [0.2, 0.25) is 15.9 Å². The van der Waals surface area contributed by atoms with E-state index in [-0.39, 0.29) is 5.91 Å². The van der Waals surface area contributed by atoms with Crippen LogP contribution in [0.5, 0.6) is 0 Å². The molecule has 2 aliphatic heterocycles. The molecule has 150 valence electrons. The molecular formula is C20H31N3O3S. The van der Waals surface area contributed by atoms with Gasteiger partial charge >= 0.3 is 0 Å². The first-order chi connectivity index (χ1) is 12.9. The standard InChI is InChI=1S/C20H31N3O3S/c1-16(2)18-4-6-19(7-5-18)27(25,26)23-13-11-22(12-14-23)20(24)8-3-17-9-10-21-15-17/h4-7,16-17,21H,3,8-15H2,1-2H3. The van der Waals surface area contributed by atoms with E-state index in [1.165, 1.54) is 4.31 Å². The smallest absolute Gasteiger partial charge is 0.243 e. The fraction of sp³-hybridized carbons (Fsp3) is 0.650. The van der Waals surface area contributed by atoms with Crippen molar-refractivity contribution in [3.63, 3.8) is 0 Å². The second-order valence-corrected chi connectivity index (χ2v) is 9.84. The van der Waals surface area contributed by atoms with Crippen LogP contribution in [0.15, 0.2) is 29.2 Å². The van der Waals surface area contributed by atoms with Crippen molar-refractivity contribution in [2.75, 3.05) is 39.3 Å². The highest BCUT2D eigenvalue weighted by Gasteiger charge is 2.30. The molecule has 27 heavy (non-hydrogen) atoms. The van der Waals surface area contributed by atoms with Gasteiger partial charge in [-0.3, -0.25) is 4.79 Å². The molecule has 1 N–H and O–H groups in total. The summed E-state index contributed by atoms with van der Waals surface area (Å²) >= 11 is 0. The molecule has 1 aromatic rings.